The summed E-state index contributed by atoms with van der Waals surface area (Å²) in [6.45, 7) is 1.38. The van der Waals surface area contributed by atoms with Crippen molar-refractivity contribution in [3.63, 3.8) is 0 Å². The number of hydrogen-bond donors (Lipinski definition) is 1. The third-order valence-corrected chi connectivity index (χ3v) is 3.71. The molecule has 0 aliphatic carbocycles. The molecule has 0 aromatic heterocycles. The number of carbonyl (C=O) groups is 2. The Morgan fingerprint density at radius 1 is 0.963 bits per heavy atom. The van der Waals surface area contributed by atoms with Crippen molar-refractivity contribution in [3.05, 3.63) is 47.8 Å². The number of ether oxygens (including phenoxy) is 4. The van der Waals surface area contributed by atoms with Gasteiger partial charge in [0.15, 0.2) is 17.6 Å². The molecule has 0 heterocycles. The standard InChI is InChI=1S/C19H20FNO6/c1-11(18(22)21-14-8-6-5-7-13(14)20)27-19(23)12-9-16(25-3)17(26-4)10-15(12)24-2/h5-11H,1-4H3,(H,21,22)/t11-/m1/s1. The zero-order valence-corrected chi connectivity index (χ0v) is 15.4. The molecule has 0 saturated carbocycles. The van der Waals surface area contributed by atoms with Gasteiger partial charge in [0.25, 0.3) is 5.91 Å². The number of esters is 1. The number of methoxy groups -OCH3 is 3. The number of amides is 1. The molecule has 0 spiro atoms. The lowest BCUT2D eigenvalue weighted by atomic mass is 10.1. The van der Waals surface area contributed by atoms with E-state index in [1.165, 1.54) is 58.6 Å². The summed E-state index contributed by atoms with van der Waals surface area (Å²) in [6.07, 6.45) is -1.17. The summed E-state index contributed by atoms with van der Waals surface area (Å²) >= 11 is 0. The Balaban J connectivity index is 2.16. The molecule has 144 valence electrons. The van der Waals surface area contributed by atoms with E-state index in [2.05, 4.69) is 5.32 Å². The largest absolute Gasteiger partial charge is 0.496 e. The monoisotopic (exact) mass is 377 g/mol. The van der Waals surface area contributed by atoms with Gasteiger partial charge >= 0.3 is 5.97 Å². The van der Waals surface area contributed by atoms with Crippen molar-refractivity contribution in [1.82, 2.24) is 0 Å². The molecule has 0 fully saturated rings. The van der Waals surface area contributed by atoms with Crippen molar-refractivity contribution in [2.45, 2.75) is 13.0 Å². The van der Waals surface area contributed by atoms with Crippen molar-refractivity contribution in [2.24, 2.45) is 0 Å². The Morgan fingerprint density at radius 3 is 2.15 bits per heavy atom. The number of benzene rings is 2. The van der Waals surface area contributed by atoms with Crippen molar-refractivity contribution in [1.29, 1.82) is 0 Å². The number of rotatable bonds is 7. The van der Waals surface area contributed by atoms with Crippen molar-refractivity contribution >= 4 is 17.6 Å². The summed E-state index contributed by atoms with van der Waals surface area (Å²) in [4.78, 5) is 24.7. The SMILES string of the molecule is COc1cc(OC)c(C(=O)O[C@H](C)C(=O)Nc2ccccc2F)cc1OC. The van der Waals surface area contributed by atoms with Crippen LogP contribution in [0.15, 0.2) is 36.4 Å². The fraction of sp³-hybridized carbons (Fsp3) is 0.263. The predicted molar refractivity (Wildman–Crippen MR) is 96.0 cm³/mol. The summed E-state index contributed by atoms with van der Waals surface area (Å²) in [5.74, 6) is -1.20. The van der Waals surface area contributed by atoms with E-state index >= 15 is 0 Å². The zero-order chi connectivity index (χ0) is 20.0. The number of para-hydroxylation sites is 1. The molecule has 2 aromatic carbocycles. The molecule has 7 nitrogen and oxygen atoms in total. The lowest BCUT2D eigenvalue weighted by molar-refractivity contribution is -0.123. The van der Waals surface area contributed by atoms with Crippen LogP contribution in [-0.4, -0.2) is 39.3 Å². The summed E-state index contributed by atoms with van der Waals surface area (Å²) in [5.41, 5.74) is 0.0507. The van der Waals surface area contributed by atoms with Gasteiger partial charge in [0.2, 0.25) is 0 Å². The number of halogens is 1. The van der Waals surface area contributed by atoms with E-state index in [1.807, 2.05) is 0 Å². The summed E-state index contributed by atoms with van der Waals surface area (Å²) in [7, 11) is 4.25. The third kappa shape index (κ3) is 4.66. The number of carbonyl (C=O) groups excluding carboxylic acids is 2. The Morgan fingerprint density at radius 2 is 1.56 bits per heavy atom. The second-order valence-electron chi connectivity index (χ2n) is 5.42. The second-order valence-corrected chi connectivity index (χ2v) is 5.42. The van der Waals surface area contributed by atoms with E-state index in [1.54, 1.807) is 6.07 Å². The van der Waals surface area contributed by atoms with Crippen LogP contribution in [0.4, 0.5) is 10.1 Å². The molecule has 0 aliphatic heterocycles. The minimum atomic E-state index is -1.17. The Hall–Kier alpha value is -3.29. The van der Waals surface area contributed by atoms with Gasteiger partial charge in [0, 0.05) is 12.1 Å². The average molecular weight is 377 g/mol. The number of nitrogens with one attached hydrogen (secondary N) is 1. The fourth-order valence-corrected chi connectivity index (χ4v) is 2.26. The molecule has 0 aliphatic rings. The highest BCUT2D eigenvalue weighted by molar-refractivity contribution is 5.98. The maximum absolute atomic E-state index is 13.6. The van der Waals surface area contributed by atoms with Gasteiger partial charge in [-0.1, -0.05) is 12.1 Å². The normalized spacial score (nSPS) is 11.3. The first-order valence-corrected chi connectivity index (χ1v) is 7.97. The van der Waals surface area contributed by atoms with Gasteiger partial charge in [-0.25, -0.2) is 9.18 Å². The molecule has 0 unspecified atom stereocenters. The van der Waals surface area contributed by atoms with Gasteiger partial charge < -0.3 is 24.3 Å². The Kier molecular flexibility index (Phi) is 6.59. The van der Waals surface area contributed by atoms with E-state index in [9.17, 15) is 14.0 Å². The highest BCUT2D eigenvalue weighted by Gasteiger charge is 2.24. The van der Waals surface area contributed by atoms with Crippen molar-refractivity contribution in [2.75, 3.05) is 26.6 Å². The van der Waals surface area contributed by atoms with Crippen molar-refractivity contribution in [3.8, 4) is 17.2 Å². The topological polar surface area (TPSA) is 83.1 Å². The molecule has 0 bridgehead atoms. The summed E-state index contributed by atoms with van der Waals surface area (Å²) in [5, 5.41) is 2.37. The molecule has 2 aromatic rings. The van der Waals surface area contributed by atoms with Gasteiger partial charge in [0.1, 0.15) is 17.1 Å². The predicted octanol–water partition coefficient (Wildman–Crippen LogP) is 3.04. The molecule has 1 atom stereocenters. The second kappa shape index (κ2) is 8.88. The van der Waals surface area contributed by atoms with Crippen molar-refractivity contribution < 1.29 is 32.9 Å². The lowest BCUT2D eigenvalue weighted by Crippen LogP contribution is -2.30. The summed E-state index contributed by atoms with van der Waals surface area (Å²) in [6, 6.07) is 8.54. The van der Waals surface area contributed by atoms with E-state index < -0.39 is 23.8 Å². The van der Waals surface area contributed by atoms with E-state index in [4.69, 9.17) is 18.9 Å². The fourth-order valence-electron chi connectivity index (χ4n) is 2.26. The van der Waals surface area contributed by atoms with Crippen LogP contribution in [0.2, 0.25) is 0 Å². The molecule has 0 radical (unpaired) electrons. The number of hydrogen-bond acceptors (Lipinski definition) is 6. The minimum Gasteiger partial charge on any atom is -0.496 e. The summed E-state index contributed by atoms with van der Waals surface area (Å²) < 4.78 is 34.3. The zero-order valence-electron chi connectivity index (χ0n) is 15.4. The lowest BCUT2D eigenvalue weighted by Gasteiger charge is -2.16. The average Bonchev–Trinajstić information content (AvgIpc) is 2.68. The van der Waals surface area contributed by atoms with Crippen LogP contribution in [0.1, 0.15) is 17.3 Å². The van der Waals surface area contributed by atoms with Crippen LogP contribution in [0.5, 0.6) is 17.2 Å². The Bertz CT molecular complexity index is 839. The molecule has 8 heteroatoms. The van der Waals surface area contributed by atoms with E-state index in [0.29, 0.717) is 11.5 Å². The van der Waals surface area contributed by atoms with Crippen LogP contribution in [0.25, 0.3) is 0 Å². The van der Waals surface area contributed by atoms with Gasteiger partial charge in [0.05, 0.1) is 27.0 Å². The van der Waals surface area contributed by atoms with Gasteiger partial charge in [-0.2, -0.15) is 0 Å². The third-order valence-electron chi connectivity index (χ3n) is 3.71. The Labute approximate surface area is 156 Å². The maximum Gasteiger partial charge on any atom is 0.342 e. The van der Waals surface area contributed by atoms with E-state index in [-0.39, 0.29) is 17.0 Å². The van der Waals surface area contributed by atoms with Crippen LogP contribution in [0.3, 0.4) is 0 Å². The van der Waals surface area contributed by atoms with Gasteiger partial charge in [-0.3, -0.25) is 4.79 Å². The van der Waals surface area contributed by atoms with Crippen LogP contribution >= 0.6 is 0 Å². The molecule has 27 heavy (non-hydrogen) atoms. The van der Waals surface area contributed by atoms with Crippen LogP contribution < -0.4 is 19.5 Å². The van der Waals surface area contributed by atoms with Gasteiger partial charge in [-0.15, -0.1) is 0 Å². The maximum atomic E-state index is 13.6. The molecule has 0 saturated heterocycles. The van der Waals surface area contributed by atoms with E-state index in [0.717, 1.165) is 0 Å². The quantitative estimate of drug-likeness (QED) is 0.747. The minimum absolute atomic E-state index is 0.00547. The molecule has 1 amide bonds. The molecule has 1 N–H and O–H groups in total. The van der Waals surface area contributed by atoms with Crippen LogP contribution in [0, 0.1) is 5.82 Å². The van der Waals surface area contributed by atoms with Crippen LogP contribution in [-0.2, 0) is 9.53 Å². The smallest absolute Gasteiger partial charge is 0.342 e. The first kappa shape index (κ1) is 20.0. The molecular weight excluding hydrogens is 357 g/mol. The first-order chi connectivity index (χ1) is 12.9. The highest BCUT2D eigenvalue weighted by atomic mass is 19.1. The first-order valence-electron chi connectivity index (χ1n) is 7.97. The van der Waals surface area contributed by atoms with Gasteiger partial charge in [-0.05, 0) is 19.1 Å². The highest BCUT2D eigenvalue weighted by Crippen LogP contribution is 2.35. The molecular formula is C19H20FNO6. The molecule has 2 rings (SSSR count). The number of anilines is 1.